The van der Waals surface area contributed by atoms with Gasteiger partial charge in [-0.15, -0.1) is 10.2 Å². The van der Waals surface area contributed by atoms with Crippen molar-refractivity contribution in [3.05, 3.63) is 11.2 Å². The summed E-state index contributed by atoms with van der Waals surface area (Å²) in [6.07, 6.45) is 0. The third-order valence-electron chi connectivity index (χ3n) is 2.17. The van der Waals surface area contributed by atoms with Crippen LogP contribution < -0.4 is 10.2 Å². The highest BCUT2D eigenvalue weighted by Crippen LogP contribution is 2.35. The molecule has 1 aliphatic rings. The van der Waals surface area contributed by atoms with Gasteiger partial charge in [0.1, 0.15) is 0 Å². The van der Waals surface area contributed by atoms with Gasteiger partial charge in [0, 0.05) is 13.1 Å². The molecular formula is C8H9ClF2N4. The SMILES string of the molecule is CNc1cc(N2CC(F)(F)C2)c(Cl)nn1. The first-order valence-corrected chi connectivity index (χ1v) is 4.73. The van der Waals surface area contributed by atoms with Gasteiger partial charge < -0.3 is 10.2 Å². The lowest BCUT2D eigenvalue weighted by Gasteiger charge is -2.40. The molecule has 1 fully saturated rings. The van der Waals surface area contributed by atoms with Gasteiger partial charge in [-0.2, -0.15) is 0 Å². The average Bonchev–Trinajstić information content (AvgIpc) is 2.15. The Labute approximate surface area is 90.2 Å². The standard InChI is InChI=1S/C8H9ClF2N4/c1-12-6-2-5(7(9)14-13-6)15-3-8(10,11)4-15/h2H,3-4H2,1H3,(H,12,13). The smallest absolute Gasteiger partial charge is 0.282 e. The molecule has 0 radical (unpaired) electrons. The molecule has 2 rings (SSSR count). The number of hydrogen-bond acceptors (Lipinski definition) is 4. The zero-order valence-electron chi connectivity index (χ0n) is 7.97. The van der Waals surface area contributed by atoms with E-state index in [1.807, 2.05) is 0 Å². The summed E-state index contributed by atoms with van der Waals surface area (Å²) in [5.41, 5.74) is 0.488. The minimum Gasteiger partial charge on any atom is -0.372 e. The fourth-order valence-electron chi connectivity index (χ4n) is 1.39. The van der Waals surface area contributed by atoms with E-state index in [1.54, 1.807) is 13.1 Å². The Bertz CT molecular complexity index is 377. The van der Waals surface area contributed by atoms with Gasteiger partial charge in [0.25, 0.3) is 5.92 Å². The Morgan fingerprint density at radius 2 is 2.13 bits per heavy atom. The zero-order chi connectivity index (χ0) is 11.1. The number of rotatable bonds is 2. The molecule has 1 aromatic rings. The van der Waals surface area contributed by atoms with E-state index >= 15 is 0 Å². The van der Waals surface area contributed by atoms with Crippen LogP contribution in [0.5, 0.6) is 0 Å². The largest absolute Gasteiger partial charge is 0.372 e. The number of alkyl halides is 2. The lowest BCUT2D eigenvalue weighted by Crippen LogP contribution is -2.56. The van der Waals surface area contributed by atoms with Gasteiger partial charge in [-0.1, -0.05) is 11.6 Å². The fraction of sp³-hybridized carbons (Fsp3) is 0.500. The molecule has 1 aliphatic heterocycles. The summed E-state index contributed by atoms with van der Waals surface area (Å²) in [4.78, 5) is 1.47. The second-order valence-electron chi connectivity index (χ2n) is 3.37. The lowest BCUT2D eigenvalue weighted by atomic mass is 10.1. The molecule has 2 heterocycles. The molecule has 0 atom stereocenters. The molecule has 82 valence electrons. The molecule has 0 spiro atoms. The fourth-order valence-corrected chi connectivity index (χ4v) is 1.61. The number of aromatic nitrogens is 2. The molecule has 4 nitrogen and oxygen atoms in total. The molecule has 0 unspecified atom stereocenters. The first-order chi connectivity index (χ1) is 7.02. The molecule has 1 aromatic heterocycles. The van der Waals surface area contributed by atoms with Crippen LogP contribution in [-0.4, -0.2) is 36.3 Å². The highest BCUT2D eigenvalue weighted by molar-refractivity contribution is 6.32. The van der Waals surface area contributed by atoms with Crippen LogP contribution in [0.3, 0.4) is 0 Å². The molecule has 0 amide bonds. The maximum absolute atomic E-state index is 12.7. The van der Waals surface area contributed by atoms with Gasteiger partial charge in [-0.3, -0.25) is 0 Å². The predicted molar refractivity (Wildman–Crippen MR) is 53.7 cm³/mol. The third-order valence-corrected chi connectivity index (χ3v) is 2.44. The summed E-state index contributed by atoms with van der Waals surface area (Å²) in [6.45, 7) is -0.636. The maximum Gasteiger partial charge on any atom is 0.282 e. The van der Waals surface area contributed by atoms with E-state index in [4.69, 9.17) is 11.6 Å². The molecule has 0 aliphatic carbocycles. The van der Waals surface area contributed by atoms with Crippen LogP contribution in [0.1, 0.15) is 0 Å². The van der Waals surface area contributed by atoms with Crippen molar-refractivity contribution in [2.75, 3.05) is 30.4 Å². The van der Waals surface area contributed by atoms with E-state index in [-0.39, 0.29) is 18.2 Å². The first-order valence-electron chi connectivity index (χ1n) is 4.35. The van der Waals surface area contributed by atoms with E-state index in [0.717, 1.165) is 0 Å². The van der Waals surface area contributed by atoms with E-state index < -0.39 is 5.92 Å². The normalized spacial score (nSPS) is 18.5. The van der Waals surface area contributed by atoms with E-state index in [0.29, 0.717) is 11.5 Å². The van der Waals surface area contributed by atoms with Crippen LogP contribution in [0.2, 0.25) is 5.15 Å². The quantitative estimate of drug-likeness (QED) is 0.845. The molecule has 1 saturated heterocycles. The lowest BCUT2D eigenvalue weighted by molar-refractivity contribution is -0.0262. The van der Waals surface area contributed by atoms with E-state index in [1.165, 1.54) is 4.90 Å². The third kappa shape index (κ3) is 1.94. The van der Waals surface area contributed by atoms with Crippen molar-refractivity contribution in [2.45, 2.75) is 5.92 Å². The Morgan fingerprint density at radius 3 is 2.67 bits per heavy atom. The van der Waals surface area contributed by atoms with Crippen LogP contribution in [0.4, 0.5) is 20.3 Å². The van der Waals surface area contributed by atoms with Crippen LogP contribution in [0, 0.1) is 0 Å². The maximum atomic E-state index is 12.7. The number of anilines is 2. The summed E-state index contributed by atoms with van der Waals surface area (Å²) in [7, 11) is 1.67. The van der Waals surface area contributed by atoms with Crippen molar-refractivity contribution < 1.29 is 8.78 Å². The molecule has 15 heavy (non-hydrogen) atoms. The summed E-state index contributed by atoms with van der Waals surface area (Å²) < 4.78 is 25.3. The molecule has 0 aromatic carbocycles. The summed E-state index contributed by atoms with van der Waals surface area (Å²) in [6, 6.07) is 1.60. The number of halogens is 3. The van der Waals surface area contributed by atoms with Crippen molar-refractivity contribution in [3.63, 3.8) is 0 Å². The van der Waals surface area contributed by atoms with Gasteiger partial charge >= 0.3 is 0 Å². The number of nitrogens with zero attached hydrogens (tertiary/aromatic N) is 3. The Balaban J connectivity index is 2.21. The second-order valence-corrected chi connectivity index (χ2v) is 3.73. The predicted octanol–water partition coefficient (Wildman–Crippen LogP) is 1.63. The Morgan fingerprint density at radius 1 is 1.47 bits per heavy atom. The Hall–Kier alpha value is -1.17. The highest BCUT2D eigenvalue weighted by atomic mass is 35.5. The van der Waals surface area contributed by atoms with Crippen LogP contribution >= 0.6 is 11.6 Å². The van der Waals surface area contributed by atoms with Crippen molar-refractivity contribution >= 4 is 23.1 Å². The molecule has 1 N–H and O–H groups in total. The average molecular weight is 235 g/mol. The van der Waals surface area contributed by atoms with Crippen LogP contribution in [0.25, 0.3) is 0 Å². The molecule has 7 heteroatoms. The zero-order valence-corrected chi connectivity index (χ0v) is 8.72. The number of hydrogen-bond donors (Lipinski definition) is 1. The van der Waals surface area contributed by atoms with Gasteiger partial charge in [0.2, 0.25) is 0 Å². The minimum absolute atomic E-state index is 0.143. The summed E-state index contributed by atoms with van der Waals surface area (Å²) in [5, 5.41) is 10.3. The number of nitrogens with one attached hydrogen (secondary N) is 1. The summed E-state index contributed by atoms with van der Waals surface area (Å²) >= 11 is 5.77. The monoisotopic (exact) mass is 234 g/mol. The van der Waals surface area contributed by atoms with Gasteiger partial charge in [0.15, 0.2) is 11.0 Å². The van der Waals surface area contributed by atoms with E-state index in [9.17, 15) is 8.78 Å². The molecular weight excluding hydrogens is 226 g/mol. The highest BCUT2D eigenvalue weighted by Gasteiger charge is 2.44. The Kier molecular flexibility index (Phi) is 2.38. The van der Waals surface area contributed by atoms with Gasteiger partial charge in [-0.05, 0) is 0 Å². The van der Waals surface area contributed by atoms with Gasteiger partial charge in [-0.25, -0.2) is 8.78 Å². The molecule has 0 saturated carbocycles. The van der Waals surface area contributed by atoms with Crippen molar-refractivity contribution in [1.29, 1.82) is 0 Å². The minimum atomic E-state index is -2.62. The van der Waals surface area contributed by atoms with Crippen LogP contribution in [-0.2, 0) is 0 Å². The van der Waals surface area contributed by atoms with Crippen molar-refractivity contribution in [1.82, 2.24) is 10.2 Å². The molecule has 0 bridgehead atoms. The first kappa shape index (κ1) is 10.4. The van der Waals surface area contributed by atoms with Gasteiger partial charge in [0.05, 0.1) is 18.8 Å². The van der Waals surface area contributed by atoms with Crippen LogP contribution in [0.15, 0.2) is 6.07 Å². The topological polar surface area (TPSA) is 41.0 Å². The van der Waals surface area contributed by atoms with E-state index in [2.05, 4.69) is 15.5 Å². The van der Waals surface area contributed by atoms with Crippen molar-refractivity contribution in [2.24, 2.45) is 0 Å². The summed E-state index contributed by atoms with van der Waals surface area (Å²) in [5.74, 6) is -2.11. The second kappa shape index (κ2) is 3.44. The van der Waals surface area contributed by atoms with Crippen molar-refractivity contribution in [3.8, 4) is 0 Å².